The summed E-state index contributed by atoms with van der Waals surface area (Å²) < 4.78 is 4.73. The molecule has 6 heteroatoms. The van der Waals surface area contributed by atoms with Gasteiger partial charge in [0, 0.05) is 53.1 Å². The lowest BCUT2D eigenvalue weighted by Crippen LogP contribution is -2.50. The highest BCUT2D eigenvalue weighted by atomic mass is 16.5. The summed E-state index contributed by atoms with van der Waals surface area (Å²) in [5, 5.41) is 0. The number of hydrogen-bond acceptors (Lipinski definition) is 4. The Morgan fingerprint density at radius 2 is 1.58 bits per heavy atom. The number of ether oxygens (including phenoxy) is 1. The third-order valence-corrected chi connectivity index (χ3v) is 3.23. The Morgan fingerprint density at radius 1 is 1.00 bits per heavy atom. The molecular formula is C13H22N2O4. The Morgan fingerprint density at radius 3 is 2.11 bits per heavy atom. The Kier molecular flexibility index (Phi) is 6.49. The summed E-state index contributed by atoms with van der Waals surface area (Å²) in [6.07, 6.45) is 1.33. The predicted molar refractivity (Wildman–Crippen MR) is 69.6 cm³/mol. The summed E-state index contributed by atoms with van der Waals surface area (Å²) >= 11 is 0. The van der Waals surface area contributed by atoms with Crippen LogP contribution in [0.3, 0.4) is 0 Å². The van der Waals surface area contributed by atoms with E-state index in [-0.39, 0.29) is 24.2 Å². The number of carbonyl (C=O) groups is 3. The minimum atomic E-state index is 0.0247. The molecule has 6 nitrogen and oxygen atoms in total. The number of methoxy groups -OCH3 is 1. The summed E-state index contributed by atoms with van der Waals surface area (Å²) in [4.78, 5) is 37.8. The van der Waals surface area contributed by atoms with E-state index < -0.39 is 0 Å². The van der Waals surface area contributed by atoms with Gasteiger partial charge in [0.25, 0.3) is 0 Å². The summed E-state index contributed by atoms with van der Waals surface area (Å²) in [6, 6.07) is 0. The Hall–Kier alpha value is -1.43. The molecule has 0 aromatic rings. The second-order valence-electron chi connectivity index (χ2n) is 4.71. The van der Waals surface area contributed by atoms with Gasteiger partial charge in [0.1, 0.15) is 6.61 Å². The van der Waals surface area contributed by atoms with E-state index in [0.29, 0.717) is 45.4 Å². The highest BCUT2D eigenvalue weighted by molar-refractivity contribution is 5.81. The first kappa shape index (κ1) is 15.6. The van der Waals surface area contributed by atoms with Crippen LogP contribution in [-0.4, -0.2) is 67.3 Å². The van der Waals surface area contributed by atoms with Crippen LogP contribution in [0.5, 0.6) is 0 Å². The van der Waals surface area contributed by atoms with E-state index in [2.05, 4.69) is 0 Å². The van der Waals surface area contributed by atoms with E-state index in [1.165, 1.54) is 7.11 Å². The predicted octanol–water partition coefficient (Wildman–Crippen LogP) is 0.0629. The zero-order valence-corrected chi connectivity index (χ0v) is 11.7. The molecule has 0 saturated carbocycles. The molecule has 0 atom stereocenters. The lowest BCUT2D eigenvalue weighted by Gasteiger charge is -2.34. The van der Waals surface area contributed by atoms with E-state index in [0.717, 1.165) is 0 Å². The van der Waals surface area contributed by atoms with Crippen molar-refractivity contribution >= 4 is 17.6 Å². The van der Waals surface area contributed by atoms with Crippen molar-refractivity contribution in [2.45, 2.75) is 26.2 Å². The SMILES string of the molecule is COCC(=O)CCCC(=O)N1CCN(C(C)=O)CC1. The highest BCUT2D eigenvalue weighted by Gasteiger charge is 2.21. The van der Waals surface area contributed by atoms with Gasteiger partial charge in [0.05, 0.1) is 0 Å². The van der Waals surface area contributed by atoms with Gasteiger partial charge >= 0.3 is 0 Å². The molecule has 19 heavy (non-hydrogen) atoms. The summed E-state index contributed by atoms with van der Waals surface area (Å²) in [7, 11) is 1.48. The van der Waals surface area contributed by atoms with Gasteiger partial charge in [-0.1, -0.05) is 0 Å². The number of amides is 2. The summed E-state index contributed by atoms with van der Waals surface area (Å²) in [5.74, 6) is 0.141. The highest BCUT2D eigenvalue weighted by Crippen LogP contribution is 2.07. The molecule has 0 aromatic carbocycles. The molecular weight excluding hydrogens is 248 g/mol. The third kappa shape index (κ3) is 5.38. The van der Waals surface area contributed by atoms with E-state index in [1.807, 2.05) is 0 Å². The van der Waals surface area contributed by atoms with Crippen molar-refractivity contribution in [2.75, 3.05) is 39.9 Å². The first-order valence-corrected chi connectivity index (χ1v) is 6.58. The van der Waals surface area contributed by atoms with Crippen LogP contribution >= 0.6 is 0 Å². The molecule has 2 amide bonds. The Bertz CT molecular complexity index is 336. The monoisotopic (exact) mass is 270 g/mol. The zero-order chi connectivity index (χ0) is 14.3. The van der Waals surface area contributed by atoms with E-state index in [1.54, 1.807) is 16.7 Å². The van der Waals surface area contributed by atoms with Crippen molar-refractivity contribution in [1.29, 1.82) is 0 Å². The van der Waals surface area contributed by atoms with Crippen LogP contribution in [-0.2, 0) is 19.1 Å². The van der Waals surface area contributed by atoms with Crippen molar-refractivity contribution in [3.8, 4) is 0 Å². The smallest absolute Gasteiger partial charge is 0.222 e. The van der Waals surface area contributed by atoms with Crippen molar-refractivity contribution in [3.05, 3.63) is 0 Å². The molecule has 0 radical (unpaired) electrons. The first-order valence-electron chi connectivity index (χ1n) is 6.58. The lowest BCUT2D eigenvalue weighted by atomic mass is 10.1. The lowest BCUT2D eigenvalue weighted by molar-refractivity contribution is -0.138. The van der Waals surface area contributed by atoms with E-state index in [4.69, 9.17) is 4.74 Å². The average Bonchev–Trinajstić information content (AvgIpc) is 2.39. The molecule has 1 rings (SSSR count). The molecule has 1 aliphatic heterocycles. The Labute approximate surface area is 113 Å². The van der Waals surface area contributed by atoms with Crippen molar-refractivity contribution in [1.82, 2.24) is 9.80 Å². The van der Waals surface area contributed by atoms with Gasteiger partial charge in [-0.3, -0.25) is 14.4 Å². The molecule has 108 valence electrons. The topological polar surface area (TPSA) is 66.9 Å². The maximum Gasteiger partial charge on any atom is 0.222 e. The van der Waals surface area contributed by atoms with Crippen LogP contribution in [0, 0.1) is 0 Å². The van der Waals surface area contributed by atoms with Crippen molar-refractivity contribution < 1.29 is 19.1 Å². The molecule has 0 unspecified atom stereocenters. The third-order valence-electron chi connectivity index (χ3n) is 3.23. The Balaban J connectivity index is 2.21. The largest absolute Gasteiger partial charge is 0.377 e. The molecule has 0 bridgehead atoms. The number of carbonyl (C=O) groups excluding carboxylic acids is 3. The molecule has 0 N–H and O–H groups in total. The molecule has 1 saturated heterocycles. The maximum absolute atomic E-state index is 11.9. The number of rotatable bonds is 6. The normalized spacial score (nSPS) is 15.5. The van der Waals surface area contributed by atoms with E-state index >= 15 is 0 Å². The second kappa shape index (κ2) is 7.89. The van der Waals surface area contributed by atoms with Crippen LogP contribution in [0.1, 0.15) is 26.2 Å². The molecule has 0 aliphatic carbocycles. The van der Waals surface area contributed by atoms with Crippen molar-refractivity contribution in [2.24, 2.45) is 0 Å². The fraction of sp³-hybridized carbons (Fsp3) is 0.769. The maximum atomic E-state index is 11.9. The van der Waals surface area contributed by atoms with Crippen LogP contribution in [0.4, 0.5) is 0 Å². The number of ketones is 1. The minimum Gasteiger partial charge on any atom is -0.377 e. The zero-order valence-electron chi connectivity index (χ0n) is 11.7. The van der Waals surface area contributed by atoms with Crippen LogP contribution in [0.15, 0.2) is 0 Å². The van der Waals surface area contributed by atoms with Gasteiger partial charge in [-0.25, -0.2) is 0 Å². The summed E-state index contributed by atoms with van der Waals surface area (Å²) in [6.45, 7) is 4.03. The van der Waals surface area contributed by atoms with Crippen molar-refractivity contribution in [3.63, 3.8) is 0 Å². The quantitative estimate of drug-likeness (QED) is 0.684. The van der Waals surface area contributed by atoms with Gasteiger partial charge < -0.3 is 14.5 Å². The molecule has 1 fully saturated rings. The van der Waals surface area contributed by atoms with Gasteiger partial charge in [-0.05, 0) is 6.42 Å². The standard InChI is InChI=1S/C13H22N2O4/c1-11(16)14-6-8-15(9-7-14)13(18)5-3-4-12(17)10-19-2/h3-10H2,1-2H3. The van der Waals surface area contributed by atoms with Gasteiger partial charge in [0.2, 0.25) is 11.8 Å². The minimum absolute atomic E-state index is 0.0247. The van der Waals surface area contributed by atoms with Crippen LogP contribution in [0.25, 0.3) is 0 Å². The fourth-order valence-electron chi connectivity index (χ4n) is 2.10. The fourth-order valence-corrected chi connectivity index (χ4v) is 2.10. The van der Waals surface area contributed by atoms with Crippen LogP contribution in [0.2, 0.25) is 0 Å². The molecule has 1 heterocycles. The number of Topliss-reactive ketones (excluding diaryl/α,β-unsaturated/α-hetero) is 1. The molecule has 1 aliphatic rings. The second-order valence-corrected chi connectivity index (χ2v) is 4.71. The molecule has 0 aromatic heterocycles. The number of piperazine rings is 1. The van der Waals surface area contributed by atoms with Gasteiger partial charge in [0.15, 0.2) is 5.78 Å². The summed E-state index contributed by atoms with van der Waals surface area (Å²) in [5.41, 5.74) is 0. The number of nitrogens with zero attached hydrogens (tertiary/aromatic N) is 2. The van der Waals surface area contributed by atoms with Gasteiger partial charge in [-0.15, -0.1) is 0 Å². The van der Waals surface area contributed by atoms with E-state index in [9.17, 15) is 14.4 Å². The first-order chi connectivity index (χ1) is 9.04. The average molecular weight is 270 g/mol. The number of hydrogen-bond donors (Lipinski definition) is 0. The van der Waals surface area contributed by atoms with Gasteiger partial charge in [-0.2, -0.15) is 0 Å². The molecule has 0 spiro atoms. The van der Waals surface area contributed by atoms with Crippen LogP contribution < -0.4 is 0 Å².